The van der Waals surface area contributed by atoms with E-state index in [1.807, 2.05) is 48.5 Å². The van der Waals surface area contributed by atoms with E-state index in [0.29, 0.717) is 24.2 Å². The van der Waals surface area contributed by atoms with Gasteiger partial charge in [0.15, 0.2) is 0 Å². The Balaban J connectivity index is 1.64. The van der Waals surface area contributed by atoms with Crippen LogP contribution in [0.4, 0.5) is 0 Å². The lowest BCUT2D eigenvalue weighted by atomic mass is 10.0. The van der Waals surface area contributed by atoms with Gasteiger partial charge in [-0.3, -0.25) is 9.59 Å². The number of nitrogens with two attached hydrogens (primary N) is 1. The molecule has 32 heavy (non-hydrogen) atoms. The number of ketones is 1. The van der Waals surface area contributed by atoms with Crippen LogP contribution in [0.15, 0.2) is 60.8 Å². The zero-order valence-electron chi connectivity index (χ0n) is 17.4. The van der Waals surface area contributed by atoms with Crippen LogP contribution in [0.25, 0.3) is 32.7 Å². The number of nitrogens with one attached hydrogen (secondary N) is 3. The third-order valence-electron chi connectivity index (χ3n) is 5.69. The zero-order valence-corrected chi connectivity index (χ0v) is 17.4. The highest BCUT2D eigenvalue weighted by Gasteiger charge is 2.23. The van der Waals surface area contributed by atoms with Crippen LogP contribution < -0.4 is 11.1 Å². The number of aromatic amines is 2. The third-order valence-corrected chi connectivity index (χ3v) is 5.69. The summed E-state index contributed by atoms with van der Waals surface area (Å²) < 4.78 is 0. The fourth-order valence-electron chi connectivity index (χ4n) is 4.08. The predicted molar refractivity (Wildman–Crippen MR) is 126 cm³/mol. The second-order valence-corrected chi connectivity index (χ2v) is 7.78. The standard InChI is InChI=1S/C25H23N5O2/c26-11-5-6-12-27-25(32)21-13-17-15-7-2-4-10-20(15)29-22(17)23(30-21)24(31)18-14-28-19-9-3-1-8-16(18)19/h1-4,7-10,13-14,28-29H,5-6,11-12,26H2,(H,27,32). The van der Waals surface area contributed by atoms with Crippen molar-refractivity contribution in [3.63, 3.8) is 0 Å². The number of nitrogens with zero attached hydrogens (tertiary/aromatic N) is 1. The van der Waals surface area contributed by atoms with Crippen LogP contribution in [-0.2, 0) is 0 Å². The number of benzene rings is 2. The van der Waals surface area contributed by atoms with Crippen LogP contribution in [0.2, 0.25) is 0 Å². The molecule has 7 nitrogen and oxygen atoms in total. The topological polar surface area (TPSA) is 117 Å². The van der Waals surface area contributed by atoms with E-state index in [9.17, 15) is 9.59 Å². The first kappa shape index (κ1) is 20.0. The van der Waals surface area contributed by atoms with Crippen molar-refractivity contribution in [2.75, 3.05) is 13.1 Å². The molecule has 2 aromatic carbocycles. The predicted octanol–water partition coefficient (Wildman–Crippen LogP) is 3.90. The summed E-state index contributed by atoms with van der Waals surface area (Å²) in [5.41, 5.74) is 8.89. The minimum absolute atomic E-state index is 0.221. The van der Waals surface area contributed by atoms with E-state index in [4.69, 9.17) is 5.73 Å². The van der Waals surface area contributed by atoms with Gasteiger partial charge in [0.05, 0.1) is 5.52 Å². The molecule has 5 rings (SSSR count). The first-order valence-corrected chi connectivity index (χ1v) is 10.7. The molecule has 0 aliphatic rings. The number of aromatic nitrogens is 3. The summed E-state index contributed by atoms with van der Waals surface area (Å²) in [7, 11) is 0. The first-order chi connectivity index (χ1) is 15.7. The van der Waals surface area contributed by atoms with Gasteiger partial charge in [0, 0.05) is 45.5 Å². The molecule has 0 bridgehead atoms. The molecule has 160 valence electrons. The minimum atomic E-state index is -0.304. The van der Waals surface area contributed by atoms with Crippen molar-refractivity contribution < 1.29 is 9.59 Å². The van der Waals surface area contributed by atoms with Gasteiger partial charge in [-0.1, -0.05) is 36.4 Å². The molecule has 0 aliphatic carbocycles. The quantitative estimate of drug-likeness (QED) is 0.234. The Hall–Kier alpha value is -3.97. The molecule has 3 aromatic heterocycles. The van der Waals surface area contributed by atoms with Crippen molar-refractivity contribution in [2.24, 2.45) is 5.73 Å². The summed E-state index contributed by atoms with van der Waals surface area (Å²) in [4.78, 5) is 37.5. The monoisotopic (exact) mass is 425 g/mol. The van der Waals surface area contributed by atoms with Crippen molar-refractivity contribution in [3.05, 3.63) is 77.7 Å². The van der Waals surface area contributed by atoms with Gasteiger partial charge in [-0.05, 0) is 37.6 Å². The van der Waals surface area contributed by atoms with E-state index >= 15 is 0 Å². The smallest absolute Gasteiger partial charge is 0.269 e. The van der Waals surface area contributed by atoms with Gasteiger partial charge in [-0.2, -0.15) is 0 Å². The van der Waals surface area contributed by atoms with E-state index in [-0.39, 0.29) is 23.1 Å². The Bertz CT molecular complexity index is 1460. The fourth-order valence-corrected chi connectivity index (χ4v) is 4.08. The summed E-state index contributed by atoms with van der Waals surface area (Å²) in [5, 5.41) is 5.44. The second kappa shape index (κ2) is 8.28. The average molecular weight is 425 g/mol. The molecule has 3 heterocycles. The molecule has 0 saturated heterocycles. The van der Waals surface area contributed by atoms with E-state index < -0.39 is 0 Å². The Morgan fingerprint density at radius 2 is 1.69 bits per heavy atom. The molecule has 0 saturated carbocycles. The van der Waals surface area contributed by atoms with Crippen molar-refractivity contribution in [2.45, 2.75) is 12.8 Å². The Morgan fingerprint density at radius 3 is 2.50 bits per heavy atom. The van der Waals surface area contributed by atoms with Gasteiger partial charge in [0.25, 0.3) is 5.91 Å². The number of para-hydroxylation sites is 2. The molecular formula is C25H23N5O2. The van der Waals surface area contributed by atoms with Crippen LogP contribution >= 0.6 is 0 Å². The Kier molecular flexibility index (Phi) is 5.17. The molecular weight excluding hydrogens is 402 g/mol. The molecule has 0 atom stereocenters. The molecule has 5 N–H and O–H groups in total. The molecule has 0 aliphatic heterocycles. The number of unbranched alkanes of at least 4 members (excludes halogenated alkanes) is 1. The maximum atomic E-state index is 13.6. The van der Waals surface area contributed by atoms with Gasteiger partial charge >= 0.3 is 0 Å². The lowest BCUT2D eigenvalue weighted by Crippen LogP contribution is -2.26. The number of carbonyl (C=O) groups is 2. The first-order valence-electron chi connectivity index (χ1n) is 10.7. The Morgan fingerprint density at radius 1 is 0.938 bits per heavy atom. The van der Waals surface area contributed by atoms with Gasteiger partial charge in [0.1, 0.15) is 11.4 Å². The van der Waals surface area contributed by atoms with E-state index in [0.717, 1.165) is 40.0 Å². The number of rotatable bonds is 7. The van der Waals surface area contributed by atoms with Crippen LogP contribution in [0, 0.1) is 0 Å². The highest BCUT2D eigenvalue weighted by molar-refractivity contribution is 6.23. The number of carbonyl (C=O) groups excluding carboxylic acids is 2. The van der Waals surface area contributed by atoms with Crippen molar-refractivity contribution in [3.8, 4) is 0 Å². The number of amides is 1. The number of hydrogen-bond acceptors (Lipinski definition) is 4. The number of fused-ring (bicyclic) bond motifs is 4. The van der Waals surface area contributed by atoms with Gasteiger partial charge < -0.3 is 21.0 Å². The zero-order chi connectivity index (χ0) is 22.1. The van der Waals surface area contributed by atoms with Crippen LogP contribution in [0.5, 0.6) is 0 Å². The van der Waals surface area contributed by atoms with Gasteiger partial charge in [0.2, 0.25) is 5.78 Å². The molecule has 0 spiro atoms. The Labute approximate surface area is 184 Å². The summed E-state index contributed by atoms with van der Waals surface area (Å²) in [5.74, 6) is -0.543. The van der Waals surface area contributed by atoms with Crippen molar-refractivity contribution >= 4 is 44.4 Å². The van der Waals surface area contributed by atoms with Crippen molar-refractivity contribution in [1.29, 1.82) is 0 Å². The van der Waals surface area contributed by atoms with E-state index in [1.54, 1.807) is 12.3 Å². The van der Waals surface area contributed by atoms with E-state index in [2.05, 4.69) is 20.3 Å². The summed E-state index contributed by atoms with van der Waals surface area (Å²) in [6.07, 6.45) is 3.32. The highest BCUT2D eigenvalue weighted by Crippen LogP contribution is 2.30. The summed E-state index contributed by atoms with van der Waals surface area (Å²) in [6, 6.07) is 17.2. The maximum absolute atomic E-state index is 13.6. The SMILES string of the molecule is NCCCCNC(=O)c1cc2c([nH]c3ccccc32)c(C(=O)c2c[nH]c3ccccc23)n1. The maximum Gasteiger partial charge on any atom is 0.269 e. The van der Waals surface area contributed by atoms with Crippen LogP contribution in [-0.4, -0.2) is 39.7 Å². The molecule has 0 radical (unpaired) electrons. The second-order valence-electron chi connectivity index (χ2n) is 7.78. The molecule has 5 aromatic rings. The number of hydrogen-bond donors (Lipinski definition) is 4. The summed E-state index contributed by atoms with van der Waals surface area (Å²) >= 11 is 0. The molecule has 7 heteroatoms. The fraction of sp³-hybridized carbons (Fsp3) is 0.160. The third kappa shape index (κ3) is 3.42. The average Bonchev–Trinajstić information content (AvgIpc) is 3.42. The van der Waals surface area contributed by atoms with Gasteiger partial charge in [-0.25, -0.2) is 4.98 Å². The highest BCUT2D eigenvalue weighted by atomic mass is 16.2. The minimum Gasteiger partial charge on any atom is -0.360 e. The van der Waals surface area contributed by atoms with Crippen molar-refractivity contribution in [1.82, 2.24) is 20.3 Å². The van der Waals surface area contributed by atoms with Crippen LogP contribution in [0.3, 0.4) is 0 Å². The van der Waals surface area contributed by atoms with E-state index in [1.165, 1.54) is 0 Å². The normalized spacial score (nSPS) is 11.4. The summed E-state index contributed by atoms with van der Waals surface area (Å²) in [6.45, 7) is 1.09. The van der Waals surface area contributed by atoms with Crippen LogP contribution in [0.1, 0.15) is 39.4 Å². The molecule has 1 amide bonds. The molecule has 0 fully saturated rings. The number of H-pyrrole nitrogens is 2. The number of pyridine rings is 1. The largest absolute Gasteiger partial charge is 0.360 e. The van der Waals surface area contributed by atoms with Gasteiger partial charge in [-0.15, -0.1) is 0 Å². The lowest BCUT2D eigenvalue weighted by molar-refractivity contribution is 0.0948. The molecule has 0 unspecified atom stereocenters. The lowest BCUT2D eigenvalue weighted by Gasteiger charge is -2.08.